The van der Waals surface area contributed by atoms with E-state index in [1.807, 2.05) is 17.7 Å². The number of hydrogen-bond acceptors (Lipinski definition) is 4. The van der Waals surface area contributed by atoms with Crippen LogP contribution in [0, 0.1) is 0 Å². The molecular formula is C7H6N2S2. The Labute approximate surface area is 72.7 Å². The molecule has 0 aliphatic heterocycles. The van der Waals surface area contributed by atoms with Crippen LogP contribution in [0.25, 0.3) is 10.2 Å². The van der Waals surface area contributed by atoms with E-state index in [1.165, 1.54) is 4.70 Å². The zero-order valence-corrected chi connectivity index (χ0v) is 7.58. The van der Waals surface area contributed by atoms with Crippen LogP contribution in [0.1, 0.15) is 0 Å². The molecule has 4 heteroatoms. The average Bonchev–Trinajstić information content (AvgIpc) is 2.50. The van der Waals surface area contributed by atoms with Crippen molar-refractivity contribution >= 4 is 33.3 Å². The third-order valence-corrected chi connectivity index (χ3v) is 3.14. The van der Waals surface area contributed by atoms with Crippen molar-refractivity contribution in [1.29, 1.82) is 0 Å². The van der Waals surface area contributed by atoms with Gasteiger partial charge >= 0.3 is 0 Å². The van der Waals surface area contributed by atoms with Gasteiger partial charge in [-0.3, -0.25) is 0 Å². The Bertz CT molecular complexity index is 369. The molecule has 0 saturated carbocycles. The first-order valence-corrected chi connectivity index (χ1v) is 5.24. The van der Waals surface area contributed by atoms with E-state index in [4.69, 9.17) is 0 Å². The third-order valence-electron chi connectivity index (χ3n) is 1.40. The molecule has 0 N–H and O–H groups in total. The van der Waals surface area contributed by atoms with E-state index in [9.17, 15) is 0 Å². The molecule has 0 saturated heterocycles. The number of thioether (sulfide) groups is 1. The molecule has 0 radical (unpaired) electrons. The van der Waals surface area contributed by atoms with E-state index in [2.05, 4.69) is 9.97 Å². The van der Waals surface area contributed by atoms with Gasteiger partial charge in [-0.05, 0) is 17.7 Å². The Kier molecular flexibility index (Phi) is 1.79. The van der Waals surface area contributed by atoms with Gasteiger partial charge in [0.15, 0.2) is 0 Å². The summed E-state index contributed by atoms with van der Waals surface area (Å²) < 4.78 is 1.19. The number of rotatable bonds is 1. The summed E-state index contributed by atoms with van der Waals surface area (Å²) in [6.45, 7) is 0. The average molecular weight is 182 g/mol. The van der Waals surface area contributed by atoms with Crippen LogP contribution >= 0.6 is 23.1 Å². The van der Waals surface area contributed by atoms with Crippen LogP contribution in [0.3, 0.4) is 0 Å². The van der Waals surface area contributed by atoms with E-state index < -0.39 is 0 Å². The summed E-state index contributed by atoms with van der Waals surface area (Å²) in [6.07, 6.45) is 3.64. The van der Waals surface area contributed by atoms with Crippen LogP contribution in [-0.2, 0) is 0 Å². The Balaban J connectivity index is 2.79. The van der Waals surface area contributed by atoms with E-state index >= 15 is 0 Å². The molecule has 0 aliphatic carbocycles. The second kappa shape index (κ2) is 2.79. The van der Waals surface area contributed by atoms with E-state index in [0.29, 0.717) is 0 Å². The molecular weight excluding hydrogens is 176 g/mol. The second-order valence-electron chi connectivity index (χ2n) is 2.02. The fraction of sp³-hybridized carbons (Fsp3) is 0.143. The van der Waals surface area contributed by atoms with Crippen molar-refractivity contribution < 1.29 is 0 Å². The van der Waals surface area contributed by atoms with Crippen molar-refractivity contribution in [2.75, 3.05) is 6.26 Å². The standard InChI is InChI=1S/C7H6N2S2/c1-10-7-6-5(2-3-11-6)8-4-9-7/h2-4H,1H3. The number of nitrogens with zero attached hydrogens (tertiary/aromatic N) is 2. The molecule has 2 aromatic heterocycles. The fourth-order valence-corrected chi connectivity index (χ4v) is 2.48. The lowest BCUT2D eigenvalue weighted by Gasteiger charge is -1.93. The van der Waals surface area contributed by atoms with Crippen molar-refractivity contribution in [2.45, 2.75) is 5.03 Å². The molecule has 0 unspecified atom stereocenters. The zero-order chi connectivity index (χ0) is 7.68. The van der Waals surface area contributed by atoms with Gasteiger partial charge in [0.05, 0.1) is 10.2 Å². The predicted molar refractivity (Wildman–Crippen MR) is 49.2 cm³/mol. The number of hydrogen-bond donors (Lipinski definition) is 0. The second-order valence-corrected chi connectivity index (χ2v) is 3.73. The van der Waals surface area contributed by atoms with E-state index in [0.717, 1.165) is 10.5 Å². The molecule has 2 nitrogen and oxygen atoms in total. The topological polar surface area (TPSA) is 25.8 Å². The van der Waals surface area contributed by atoms with Crippen molar-refractivity contribution in [3.63, 3.8) is 0 Å². The zero-order valence-electron chi connectivity index (χ0n) is 5.94. The van der Waals surface area contributed by atoms with Crippen LogP contribution in [0.4, 0.5) is 0 Å². The minimum Gasteiger partial charge on any atom is -0.235 e. The number of thiophene rings is 1. The highest BCUT2D eigenvalue weighted by Crippen LogP contribution is 2.26. The van der Waals surface area contributed by atoms with E-state index in [-0.39, 0.29) is 0 Å². The van der Waals surface area contributed by atoms with Gasteiger partial charge in [-0.1, -0.05) is 0 Å². The first kappa shape index (κ1) is 7.06. The quantitative estimate of drug-likeness (QED) is 0.500. The highest BCUT2D eigenvalue weighted by Gasteiger charge is 2.01. The van der Waals surface area contributed by atoms with Gasteiger partial charge in [-0.2, -0.15) is 0 Å². The van der Waals surface area contributed by atoms with Crippen molar-refractivity contribution in [3.8, 4) is 0 Å². The normalized spacial score (nSPS) is 10.6. The largest absolute Gasteiger partial charge is 0.235 e. The van der Waals surface area contributed by atoms with Crippen LogP contribution in [0.5, 0.6) is 0 Å². The Hall–Kier alpha value is -0.610. The molecule has 2 aromatic rings. The molecule has 2 heterocycles. The Morgan fingerprint density at radius 2 is 2.36 bits per heavy atom. The molecule has 0 aromatic carbocycles. The molecule has 2 rings (SSSR count). The molecule has 0 bridgehead atoms. The van der Waals surface area contributed by atoms with Gasteiger partial charge in [0.25, 0.3) is 0 Å². The SMILES string of the molecule is CSc1ncnc2ccsc12. The summed E-state index contributed by atoms with van der Waals surface area (Å²) in [5.41, 5.74) is 1.05. The molecule has 11 heavy (non-hydrogen) atoms. The predicted octanol–water partition coefficient (Wildman–Crippen LogP) is 2.41. The highest BCUT2D eigenvalue weighted by atomic mass is 32.2. The summed E-state index contributed by atoms with van der Waals surface area (Å²) in [5, 5.41) is 3.11. The van der Waals surface area contributed by atoms with Crippen molar-refractivity contribution in [2.24, 2.45) is 0 Å². The lowest BCUT2D eigenvalue weighted by molar-refractivity contribution is 1.11. The van der Waals surface area contributed by atoms with Gasteiger partial charge < -0.3 is 0 Å². The molecule has 56 valence electrons. The Morgan fingerprint density at radius 1 is 1.45 bits per heavy atom. The first-order chi connectivity index (χ1) is 5.42. The van der Waals surface area contributed by atoms with Crippen LogP contribution in [-0.4, -0.2) is 16.2 Å². The van der Waals surface area contributed by atoms with Gasteiger partial charge in [-0.25, -0.2) is 9.97 Å². The Morgan fingerprint density at radius 3 is 3.18 bits per heavy atom. The molecule has 0 aliphatic rings. The summed E-state index contributed by atoms with van der Waals surface area (Å²) in [4.78, 5) is 8.30. The van der Waals surface area contributed by atoms with Crippen LogP contribution in [0.15, 0.2) is 22.8 Å². The smallest absolute Gasteiger partial charge is 0.117 e. The van der Waals surface area contributed by atoms with Crippen LogP contribution in [0.2, 0.25) is 0 Å². The fourth-order valence-electron chi connectivity index (χ4n) is 0.912. The summed E-state index contributed by atoms with van der Waals surface area (Å²) in [6, 6.07) is 2.02. The lowest BCUT2D eigenvalue weighted by Crippen LogP contribution is -1.80. The van der Waals surface area contributed by atoms with Gasteiger partial charge in [0.2, 0.25) is 0 Å². The first-order valence-electron chi connectivity index (χ1n) is 3.14. The van der Waals surface area contributed by atoms with Crippen LogP contribution < -0.4 is 0 Å². The van der Waals surface area contributed by atoms with Gasteiger partial charge in [0, 0.05) is 0 Å². The van der Waals surface area contributed by atoms with Gasteiger partial charge in [-0.15, -0.1) is 23.1 Å². The van der Waals surface area contributed by atoms with Gasteiger partial charge in [0.1, 0.15) is 11.4 Å². The minimum absolute atomic E-state index is 1.05. The minimum atomic E-state index is 1.05. The summed E-state index contributed by atoms with van der Waals surface area (Å²) >= 11 is 3.35. The molecule has 0 amide bonds. The maximum atomic E-state index is 4.16. The maximum Gasteiger partial charge on any atom is 0.117 e. The van der Waals surface area contributed by atoms with Crippen molar-refractivity contribution in [3.05, 3.63) is 17.8 Å². The summed E-state index contributed by atoms with van der Waals surface area (Å²) in [7, 11) is 0. The number of aromatic nitrogens is 2. The molecule has 0 spiro atoms. The lowest BCUT2D eigenvalue weighted by atomic mass is 10.5. The third kappa shape index (κ3) is 1.12. The monoisotopic (exact) mass is 182 g/mol. The van der Waals surface area contributed by atoms with Crippen molar-refractivity contribution in [1.82, 2.24) is 9.97 Å². The summed E-state index contributed by atoms with van der Waals surface area (Å²) in [5.74, 6) is 0. The number of fused-ring (bicyclic) bond motifs is 1. The van der Waals surface area contributed by atoms with E-state index in [1.54, 1.807) is 29.4 Å². The highest BCUT2D eigenvalue weighted by molar-refractivity contribution is 7.98. The molecule has 0 atom stereocenters. The maximum absolute atomic E-state index is 4.16. The molecule has 0 fully saturated rings.